The van der Waals surface area contributed by atoms with Gasteiger partial charge in [-0.2, -0.15) is 0 Å². The van der Waals surface area contributed by atoms with E-state index in [4.69, 9.17) is 19.4 Å². The highest BCUT2D eigenvalue weighted by atomic mass is 16.6. The van der Waals surface area contributed by atoms with E-state index in [0.717, 1.165) is 94.5 Å². The van der Waals surface area contributed by atoms with E-state index in [1.807, 2.05) is 111 Å². The smallest absolute Gasteiger partial charge is 0.410 e. The molecule has 54 heavy (non-hydrogen) atoms. The highest BCUT2D eigenvalue weighted by Gasteiger charge is 2.32. The molecule has 276 valence electrons. The first kappa shape index (κ1) is 36.3. The largest absolute Gasteiger partial charge is 0.445 e. The maximum absolute atomic E-state index is 13.1. The average Bonchev–Trinajstić information content (AvgIpc) is 3.87. The SMILES string of the molecule is CC.O=C(OCc1ccccc1)N1CCCCC1c1nc2ccc(C#Cc3ccc4nc([C@@H]5CCCCN5C(=O)OCc5ccccc5)[nH]c4c3)cc2[nH]1. The molecule has 6 aromatic rings. The number of imidazole rings is 2. The van der Waals surface area contributed by atoms with Crippen LogP contribution < -0.4 is 0 Å². The third kappa shape index (κ3) is 8.42. The van der Waals surface area contributed by atoms with Crippen molar-refractivity contribution in [3.63, 3.8) is 0 Å². The Kier molecular flexibility index (Phi) is 11.5. The number of hydrogen-bond donors (Lipinski definition) is 2. The Morgan fingerprint density at radius 2 is 1.06 bits per heavy atom. The van der Waals surface area contributed by atoms with Crippen molar-refractivity contribution in [2.45, 2.75) is 77.7 Å². The first-order valence-electron chi connectivity index (χ1n) is 19.0. The summed E-state index contributed by atoms with van der Waals surface area (Å²) >= 11 is 0. The summed E-state index contributed by atoms with van der Waals surface area (Å²) in [6, 6.07) is 31.0. The van der Waals surface area contributed by atoms with Gasteiger partial charge in [-0.05, 0) is 86.1 Å². The molecular weight excluding hydrogens is 677 g/mol. The van der Waals surface area contributed by atoms with E-state index in [2.05, 4.69) is 21.8 Å². The second kappa shape index (κ2) is 17.2. The number of aromatic nitrogens is 4. The fourth-order valence-electron chi connectivity index (χ4n) is 7.15. The van der Waals surface area contributed by atoms with Crippen molar-refractivity contribution >= 4 is 34.3 Å². The summed E-state index contributed by atoms with van der Waals surface area (Å²) in [5.74, 6) is 8.12. The van der Waals surface area contributed by atoms with Crippen molar-refractivity contribution in [1.29, 1.82) is 0 Å². The van der Waals surface area contributed by atoms with Crippen molar-refractivity contribution in [2.75, 3.05) is 13.1 Å². The third-order valence-corrected chi connectivity index (χ3v) is 9.87. The van der Waals surface area contributed by atoms with Gasteiger partial charge in [0, 0.05) is 24.2 Å². The van der Waals surface area contributed by atoms with Crippen LogP contribution in [0.15, 0.2) is 97.1 Å². The molecule has 2 fully saturated rings. The monoisotopic (exact) mass is 722 g/mol. The number of amides is 2. The lowest BCUT2D eigenvalue weighted by atomic mass is 10.0. The Hall–Kier alpha value is -6.08. The highest BCUT2D eigenvalue weighted by molar-refractivity contribution is 5.79. The van der Waals surface area contributed by atoms with Crippen LogP contribution in [-0.4, -0.2) is 55.0 Å². The summed E-state index contributed by atoms with van der Waals surface area (Å²) in [6.07, 6.45) is 4.91. The van der Waals surface area contributed by atoms with Gasteiger partial charge in [0.25, 0.3) is 0 Å². The maximum atomic E-state index is 13.1. The number of aromatic amines is 2. The summed E-state index contributed by atoms with van der Waals surface area (Å²) < 4.78 is 11.4. The number of piperidine rings is 2. The third-order valence-electron chi connectivity index (χ3n) is 9.87. The summed E-state index contributed by atoms with van der Waals surface area (Å²) in [4.78, 5) is 46.5. The van der Waals surface area contributed by atoms with Crippen LogP contribution in [0.5, 0.6) is 0 Å². The predicted octanol–water partition coefficient (Wildman–Crippen LogP) is 9.59. The molecule has 0 bridgehead atoms. The molecule has 2 saturated heterocycles. The van der Waals surface area contributed by atoms with Crippen molar-refractivity contribution < 1.29 is 19.1 Å². The maximum Gasteiger partial charge on any atom is 0.410 e. The van der Waals surface area contributed by atoms with Crippen LogP contribution in [0.25, 0.3) is 22.1 Å². The van der Waals surface area contributed by atoms with Gasteiger partial charge in [-0.3, -0.25) is 9.80 Å². The lowest BCUT2D eigenvalue weighted by Gasteiger charge is -2.33. The molecule has 2 aliphatic heterocycles. The molecule has 4 aromatic carbocycles. The van der Waals surface area contributed by atoms with Crippen molar-refractivity contribution in [3.05, 3.63) is 131 Å². The standard InChI is InChI=1S/C42H40N6O4.C2H6/c49-41(51-27-31-11-3-1-4-12-31)47-23-9-7-15-37(47)39-43-33-21-19-29(25-35(33)45-39)17-18-30-20-22-34-36(26-30)46-40(44-34)38-16-8-10-24-48(38)42(50)52-28-32-13-5-2-6-14-32;1-2/h1-6,11-14,19-22,25-26,37-38H,7-10,15-16,23-24,27-28H2,(H,43,45)(H,44,46);1-2H3/t37-,38?;/m0./s1. The first-order valence-corrected chi connectivity index (χ1v) is 19.0. The Balaban J connectivity index is 0.00000221. The van der Waals surface area contributed by atoms with E-state index >= 15 is 0 Å². The molecule has 2 aliphatic rings. The molecule has 2 N–H and O–H groups in total. The van der Waals surface area contributed by atoms with Crippen LogP contribution in [-0.2, 0) is 22.7 Å². The Bertz CT molecular complexity index is 2100. The summed E-state index contributed by atoms with van der Waals surface area (Å²) in [5, 5.41) is 0. The molecule has 2 atom stereocenters. The molecule has 0 aliphatic carbocycles. The van der Waals surface area contributed by atoms with Crippen molar-refractivity contribution in [1.82, 2.24) is 29.7 Å². The van der Waals surface area contributed by atoms with Crippen molar-refractivity contribution in [3.8, 4) is 11.8 Å². The van der Waals surface area contributed by atoms with Crippen LogP contribution in [0, 0.1) is 11.8 Å². The van der Waals surface area contributed by atoms with E-state index in [0.29, 0.717) is 13.1 Å². The van der Waals surface area contributed by atoms with Gasteiger partial charge in [0.1, 0.15) is 24.9 Å². The van der Waals surface area contributed by atoms with Gasteiger partial charge in [0.2, 0.25) is 0 Å². The molecular formula is C44H46N6O4. The van der Waals surface area contributed by atoms with Gasteiger partial charge in [-0.1, -0.05) is 86.4 Å². The summed E-state index contributed by atoms with van der Waals surface area (Å²) in [7, 11) is 0. The zero-order valence-electron chi connectivity index (χ0n) is 30.9. The highest BCUT2D eigenvalue weighted by Crippen LogP contribution is 2.33. The number of fused-ring (bicyclic) bond motifs is 2. The molecule has 10 nitrogen and oxygen atoms in total. The van der Waals surface area contributed by atoms with E-state index < -0.39 is 0 Å². The van der Waals surface area contributed by atoms with Gasteiger partial charge in [-0.25, -0.2) is 19.6 Å². The Morgan fingerprint density at radius 3 is 1.48 bits per heavy atom. The zero-order chi connectivity index (χ0) is 37.3. The number of benzene rings is 4. The normalized spacial score (nSPS) is 16.9. The minimum atomic E-state index is -0.320. The Labute approximate surface area is 315 Å². The molecule has 2 amide bonds. The first-order chi connectivity index (χ1) is 26.6. The number of ether oxygens (including phenoxy) is 2. The van der Waals surface area contributed by atoms with Crippen LogP contribution >= 0.6 is 0 Å². The second-order valence-corrected chi connectivity index (χ2v) is 13.4. The molecule has 0 spiro atoms. The number of nitrogens with zero attached hydrogens (tertiary/aromatic N) is 4. The average molecular weight is 723 g/mol. The summed E-state index contributed by atoms with van der Waals surface area (Å²) in [6.45, 7) is 5.75. The number of rotatable bonds is 6. The minimum absolute atomic E-state index is 0.175. The number of carbonyl (C=O) groups excluding carboxylic acids is 2. The van der Waals surface area contributed by atoms with Gasteiger partial charge >= 0.3 is 12.2 Å². The predicted molar refractivity (Wildman–Crippen MR) is 209 cm³/mol. The van der Waals surface area contributed by atoms with Gasteiger partial charge < -0.3 is 19.4 Å². The fourth-order valence-corrected chi connectivity index (χ4v) is 7.15. The molecule has 0 radical (unpaired) electrons. The number of nitrogens with one attached hydrogen (secondary N) is 2. The second-order valence-electron chi connectivity index (χ2n) is 13.4. The number of likely N-dealkylation sites (tertiary alicyclic amines) is 2. The minimum Gasteiger partial charge on any atom is -0.445 e. The van der Waals surface area contributed by atoms with Crippen LogP contribution in [0.4, 0.5) is 9.59 Å². The Morgan fingerprint density at radius 1 is 0.630 bits per heavy atom. The van der Waals surface area contributed by atoms with Crippen LogP contribution in [0.3, 0.4) is 0 Å². The number of hydrogen-bond acceptors (Lipinski definition) is 6. The quantitative estimate of drug-likeness (QED) is 0.166. The number of H-pyrrole nitrogens is 2. The molecule has 1 unspecified atom stereocenters. The molecule has 10 heteroatoms. The lowest BCUT2D eigenvalue weighted by Crippen LogP contribution is -2.39. The van der Waals surface area contributed by atoms with Gasteiger partial charge in [0.05, 0.1) is 34.2 Å². The van der Waals surface area contributed by atoms with Gasteiger partial charge in [-0.15, -0.1) is 0 Å². The van der Waals surface area contributed by atoms with E-state index in [-0.39, 0.29) is 37.5 Å². The van der Waals surface area contributed by atoms with Crippen LogP contribution in [0.1, 0.15) is 98.4 Å². The van der Waals surface area contributed by atoms with E-state index in [9.17, 15) is 9.59 Å². The zero-order valence-corrected chi connectivity index (χ0v) is 30.9. The molecule has 4 heterocycles. The molecule has 8 rings (SSSR count). The van der Waals surface area contributed by atoms with Gasteiger partial charge in [0.15, 0.2) is 0 Å². The molecule has 0 saturated carbocycles. The summed E-state index contributed by atoms with van der Waals surface area (Å²) in [5.41, 5.74) is 7.02. The molecule has 2 aromatic heterocycles. The topological polar surface area (TPSA) is 116 Å². The van der Waals surface area contributed by atoms with E-state index in [1.54, 1.807) is 9.80 Å². The fraction of sp³-hybridized carbons (Fsp3) is 0.318. The van der Waals surface area contributed by atoms with Crippen molar-refractivity contribution in [2.24, 2.45) is 0 Å². The van der Waals surface area contributed by atoms with E-state index in [1.165, 1.54) is 0 Å². The number of carbonyl (C=O) groups is 2. The lowest BCUT2D eigenvalue weighted by molar-refractivity contribution is 0.0655. The van der Waals surface area contributed by atoms with Crippen LogP contribution in [0.2, 0.25) is 0 Å².